The summed E-state index contributed by atoms with van der Waals surface area (Å²) in [6.07, 6.45) is 20.7. The Bertz CT molecular complexity index is 2300. The van der Waals surface area contributed by atoms with Gasteiger partial charge in [-0.1, -0.05) is 129 Å². The van der Waals surface area contributed by atoms with Gasteiger partial charge in [0.25, 0.3) is 0 Å². The number of terminal acetylenes is 1. The van der Waals surface area contributed by atoms with E-state index in [-0.39, 0.29) is 44.9 Å². The molecule has 11 atom stereocenters. The zero-order chi connectivity index (χ0) is 57.8. The van der Waals surface area contributed by atoms with Crippen LogP contribution in [0.25, 0.3) is 0 Å². The molecule has 0 bridgehead atoms. The minimum atomic E-state index is -4.23. The molecule has 0 aromatic heterocycles. The number of hydrogen-bond donors (Lipinski definition) is 1. The van der Waals surface area contributed by atoms with Crippen molar-refractivity contribution in [1.82, 2.24) is 5.32 Å². The van der Waals surface area contributed by atoms with Crippen molar-refractivity contribution < 1.29 is 65.6 Å². The molecule has 2 saturated heterocycles. The third kappa shape index (κ3) is 29.8. The van der Waals surface area contributed by atoms with Gasteiger partial charge >= 0.3 is 7.82 Å². The van der Waals surface area contributed by atoms with Crippen LogP contribution in [0.5, 0.6) is 0 Å². The maximum absolute atomic E-state index is 14.2. The van der Waals surface area contributed by atoms with Crippen molar-refractivity contribution in [2.75, 3.05) is 53.9 Å². The topological polar surface area (TPSA) is 165 Å². The number of amides is 1. The molecule has 0 aromatic carbocycles. The van der Waals surface area contributed by atoms with E-state index in [0.717, 1.165) is 44.9 Å². The van der Waals surface area contributed by atoms with E-state index in [1.54, 1.807) is 20.1 Å². The first-order valence-electron chi connectivity index (χ1n) is 27.9. The number of allylic oxidation sites excluding steroid dienone is 1. The van der Waals surface area contributed by atoms with Gasteiger partial charge in [0, 0.05) is 39.3 Å². The quantitative estimate of drug-likeness (QED) is 0.0154. The van der Waals surface area contributed by atoms with Crippen LogP contribution in [-0.2, 0) is 65.6 Å². The molecule has 1 N–H and O–H groups in total. The predicted octanol–water partition coefficient (Wildman–Crippen LogP) is 9.98. The van der Waals surface area contributed by atoms with Gasteiger partial charge in [0.05, 0.1) is 69.9 Å². The molecule has 0 radical (unpaired) electrons. The lowest BCUT2D eigenvalue weighted by atomic mass is 9.88. The second-order valence-electron chi connectivity index (χ2n) is 19.1. The Balaban J connectivity index is 2.41. The van der Waals surface area contributed by atoms with Gasteiger partial charge < -0.3 is 43.2 Å². The molecule has 0 unspecified atom stereocenters. The van der Waals surface area contributed by atoms with Crippen molar-refractivity contribution in [3.63, 3.8) is 0 Å². The number of ether oxygens (including phenoxy) is 8. The molecule has 434 valence electrons. The predicted molar refractivity (Wildman–Crippen MR) is 307 cm³/mol. The average Bonchev–Trinajstić information content (AvgIpc) is 3.49. The lowest BCUT2D eigenvalue weighted by Crippen LogP contribution is -2.63. The van der Waals surface area contributed by atoms with E-state index in [2.05, 4.69) is 109 Å². The number of hydrogen-bond acceptors (Lipinski definition) is 14. The average molecular weight is 1110 g/mol. The summed E-state index contributed by atoms with van der Waals surface area (Å²) in [4.78, 5) is 26.7. The van der Waals surface area contributed by atoms with Crippen molar-refractivity contribution in [1.29, 1.82) is 0 Å². The Hall–Kier alpha value is -5.09. The van der Waals surface area contributed by atoms with E-state index in [9.17, 15) is 14.2 Å². The molecule has 0 saturated carbocycles. The smallest absolute Gasteiger partial charge is 0.471 e. The first kappa shape index (κ1) is 70.0. The number of rotatable bonds is 40. The summed E-state index contributed by atoms with van der Waals surface area (Å²) in [6, 6.07) is -0.821. The van der Waals surface area contributed by atoms with Gasteiger partial charge in [-0.25, -0.2) is 4.57 Å². The summed E-state index contributed by atoms with van der Waals surface area (Å²) < 4.78 is 82.8. The summed E-state index contributed by atoms with van der Waals surface area (Å²) in [5.74, 6) is 30.4. The largest absolute Gasteiger partial charge is 0.475 e. The fraction of sp³-hybridized carbons (Fsp3) is 0.651. The normalized spacial score (nSPS) is 22.6. The molecule has 16 heteroatoms. The Morgan fingerprint density at radius 2 is 1.24 bits per heavy atom. The van der Waals surface area contributed by atoms with E-state index in [0.29, 0.717) is 19.6 Å². The molecule has 0 aromatic rings. The van der Waals surface area contributed by atoms with E-state index in [4.69, 9.17) is 57.9 Å². The fourth-order valence-corrected chi connectivity index (χ4v) is 10.0. The SMILES string of the molecule is C#CC#CC#CC#CC#CC#CC#CCC(=O)CC(=O)N[C@H]1[C@@H](O/C=C\C)O[C@H](CO[C@@H]2O[C@H](COC)[C@@H](OP(=O)(OCC=C)OCC=C)[C@H](OCC[C@@H](CCCCCCC)OC)[C@H]2C)[C@@H](C)[C@@H]1OCCCCCCCCCC. The van der Waals surface area contributed by atoms with E-state index in [1.165, 1.54) is 70.5 Å². The van der Waals surface area contributed by atoms with Crippen molar-refractivity contribution in [2.45, 2.75) is 199 Å². The molecule has 15 nitrogen and oxygen atoms in total. The molecule has 79 heavy (non-hydrogen) atoms. The highest BCUT2D eigenvalue weighted by Gasteiger charge is 2.51. The van der Waals surface area contributed by atoms with Gasteiger partial charge in [-0.05, 0) is 97.2 Å². The van der Waals surface area contributed by atoms with Gasteiger partial charge in [-0.3, -0.25) is 23.2 Å². The molecule has 1 amide bonds. The molecule has 2 aliphatic heterocycles. The summed E-state index contributed by atoms with van der Waals surface area (Å²) in [7, 11) is -0.992. The number of carbonyl (C=O) groups is 2. The number of methoxy groups -OCH3 is 2. The second-order valence-corrected chi connectivity index (χ2v) is 20.7. The van der Waals surface area contributed by atoms with Gasteiger partial charge in [-0.15, -0.1) is 19.6 Å². The molecule has 2 aliphatic rings. The van der Waals surface area contributed by atoms with Crippen LogP contribution in [0.2, 0.25) is 0 Å². The van der Waals surface area contributed by atoms with Gasteiger partial charge in [-0.2, -0.15) is 0 Å². The first-order chi connectivity index (χ1) is 38.5. The fourth-order valence-electron chi connectivity index (χ4n) is 8.70. The summed E-state index contributed by atoms with van der Waals surface area (Å²) in [5.41, 5.74) is 0. The van der Waals surface area contributed by atoms with Crippen LogP contribution in [0.3, 0.4) is 0 Å². The van der Waals surface area contributed by atoms with Crippen LogP contribution in [0.1, 0.15) is 144 Å². The molecule has 0 aliphatic carbocycles. The molecular weight excluding hydrogens is 1030 g/mol. The van der Waals surface area contributed by atoms with Crippen molar-refractivity contribution in [3.8, 4) is 83.4 Å². The maximum atomic E-state index is 14.2. The van der Waals surface area contributed by atoms with Crippen molar-refractivity contribution >= 4 is 19.5 Å². The molecule has 2 fully saturated rings. The number of phosphoric ester groups is 1. The highest BCUT2D eigenvalue weighted by molar-refractivity contribution is 7.48. The number of nitrogens with one attached hydrogen (secondary N) is 1. The van der Waals surface area contributed by atoms with Gasteiger partial charge in [0.1, 0.15) is 18.2 Å². The van der Waals surface area contributed by atoms with E-state index < -0.39 is 81.0 Å². The monoisotopic (exact) mass is 1110 g/mol. The standard InChI is InChI=1S/C63H88NO14P/c1-11-17-20-23-25-27-28-29-30-31-32-35-37-40-53(65)48-57(66)64-58-59(70-46-39-36-33-26-24-21-18-12-2)51(7)55(76-63(58)72-43-14-4)50-73-62-52(8)60(71-47-42-54(69-10)41-38-34-22-19-13-3)61(56(77-62)49-68-9)78-79(67,74-44-15-5)75-45-16-6/h1,14-16,43,51-52,54-56,58-63H,5-6,12-13,18-19,21-22,24,26,33-34,36,38-42,44-50H2,2-4,7-10H3,(H,64,66)/b43-14-/t51-,52-,54-,55-,56-,58-,59+,60-,61-,62-,63+/m1/s1. The van der Waals surface area contributed by atoms with Gasteiger partial charge in [0.15, 0.2) is 12.1 Å². The Labute approximate surface area is 474 Å². The molecule has 2 heterocycles. The van der Waals surface area contributed by atoms with Crippen LogP contribution in [0, 0.1) is 95.2 Å². The van der Waals surface area contributed by atoms with E-state index >= 15 is 0 Å². The lowest BCUT2D eigenvalue weighted by Gasteiger charge is -2.47. The Kier molecular flexibility index (Phi) is 39.6. The number of unbranched alkanes of at least 4 members (excludes halogenated alkanes) is 11. The number of ketones is 1. The van der Waals surface area contributed by atoms with E-state index in [1.807, 2.05) is 13.8 Å². The Morgan fingerprint density at radius 3 is 1.82 bits per heavy atom. The zero-order valence-corrected chi connectivity index (χ0v) is 49.0. The summed E-state index contributed by atoms with van der Waals surface area (Å²) in [5, 5.41) is 3.00. The minimum Gasteiger partial charge on any atom is -0.471 e. The van der Waals surface area contributed by atoms with Crippen LogP contribution >= 0.6 is 7.82 Å². The van der Waals surface area contributed by atoms with Crippen molar-refractivity contribution in [3.05, 3.63) is 37.6 Å². The highest BCUT2D eigenvalue weighted by atomic mass is 31.2. The summed E-state index contributed by atoms with van der Waals surface area (Å²) >= 11 is 0. The highest BCUT2D eigenvalue weighted by Crippen LogP contribution is 2.53. The number of carbonyl (C=O) groups excluding carboxylic acids is 2. The number of phosphoric acid groups is 1. The molecule has 2 rings (SSSR count). The number of Topliss-reactive ketones (excluding diaryl/α,β-unsaturated/α-hetero) is 1. The maximum Gasteiger partial charge on any atom is 0.475 e. The van der Waals surface area contributed by atoms with Crippen molar-refractivity contribution in [2.24, 2.45) is 11.8 Å². The minimum absolute atomic E-state index is 0.00629. The Morgan fingerprint density at radius 1 is 0.671 bits per heavy atom. The first-order valence-corrected chi connectivity index (χ1v) is 29.4. The van der Waals surface area contributed by atoms with Crippen LogP contribution in [-0.4, -0.2) is 121 Å². The lowest BCUT2D eigenvalue weighted by molar-refractivity contribution is -0.306. The van der Waals surface area contributed by atoms with Crippen LogP contribution in [0.4, 0.5) is 0 Å². The zero-order valence-electron chi connectivity index (χ0n) is 48.1. The molecular formula is C63H88NO14P. The summed E-state index contributed by atoms with van der Waals surface area (Å²) in [6.45, 7) is 18.0. The van der Waals surface area contributed by atoms with Crippen LogP contribution in [0.15, 0.2) is 37.6 Å². The van der Waals surface area contributed by atoms with Crippen LogP contribution < -0.4 is 5.32 Å². The third-order valence-corrected chi connectivity index (χ3v) is 14.3. The molecule has 0 spiro atoms. The van der Waals surface area contributed by atoms with Gasteiger partial charge in [0.2, 0.25) is 12.2 Å². The second kappa shape index (κ2) is 44.6. The third-order valence-electron chi connectivity index (χ3n) is 12.8.